The molecule has 356 valence electrons. The number of carboxylic acid groups (broad SMARTS) is 5. The van der Waals surface area contributed by atoms with Gasteiger partial charge in [0.2, 0.25) is 0 Å². The molecule has 0 saturated heterocycles. The highest BCUT2D eigenvalue weighted by Gasteiger charge is 2.23. The van der Waals surface area contributed by atoms with Gasteiger partial charge >= 0.3 is 29.8 Å². The average molecular weight is 929 g/mol. The van der Waals surface area contributed by atoms with E-state index < -0.39 is 60.1 Å². The predicted molar refractivity (Wildman–Crippen MR) is 263 cm³/mol. The molecular weight excluding hydrogens is 873 g/mol. The number of nitrogens with zero attached hydrogens (tertiary/aromatic N) is 4. The van der Waals surface area contributed by atoms with E-state index in [-0.39, 0.29) is 0 Å². The maximum atomic E-state index is 11.2. The van der Waals surface area contributed by atoms with Crippen molar-refractivity contribution in [3.05, 3.63) is 158 Å². The molecule has 5 atom stereocenters. The number of aromatic nitrogens is 3. The summed E-state index contributed by atoms with van der Waals surface area (Å²) in [6.07, 6.45) is 8.11. The Bertz CT molecular complexity index is 2630. The molecule has 18 heteroatoms. The highest BCUT2D eigenvalue weighted by molar-refractivity contribution is 5.95. The number of aliphatic carboxylic acids is 5. The summed E-state index contributed by atoms with van der Waals surface area (Å²) in [6.45, 7) is 7.87. The first kappa shape index (κ1) is 53.7. The molecule has 5 unspecified atom stereocenters. The number of fused-ring (bicyclic) bond motifs is 2. The SMILES string of the molecule is CC(C(=O)O)N(c1cccnc1)c1ccccn1.CC(N)C(=O)O.CC(Nc1ccc2ccccc2c1)C(=O)O.CC(Nc1cccc2ccccc12)C(=O)O.CC(Nc1ccncc1)C(=O)O. The maximum Gasteiger partial charge on any atom is 0.326 e. The number of carbonyl (C=O) groups is 5. The molecule has 0 aliphatic heterocycles. The summed E-state index contributed by atoms with van der Waals surface area (Å²) < 4.78 is 0. The Morgan fingerprint density at radius 2 is 1.04 bits per heavy atom. The van der Waals surface area contributed by atoms with E-state index in [1.165, 1.54) is 6.92 Å². The molecule has 3 aromatic heterocycles. The van der Waals surface area contributed by atoms with Crippen LogP contribution in [-0.2, 0) is 24.0 Å². The molecule has 0 radical (unpaired) electrons. The zero-order chi connectivity index (χ0) is 50.2. The van der Waals surface area contributed by atoms with Crippen LogP contribution in [0.15, 0.2) is 158 Å². The van der Waals surface area contributed by atoms with Gasteiger partial charge in [0.1, 0.15) is 36.0 Å². The molecule has 0 aliphatic rings. The van der Waals surface area contributed by atoms with Crippen LogP contribution in [0.2, 0.25) is 0 Å². The van der Waals surface area contributed by atoms with Crippen molar-refractivity contribution in [1.82, 2.24) is 15.0 Å². The summed E-state index contributed by atoms with van der Waals surface area (Å²) in [4.78, 5) is 66.3. The van der Waals surface area contributed by atoms with Gasteiger partial charge in [-0.15, -0.1) is 0 Å². The summed E-state index contributed by atoms with van der Waals surface area (Å²) in [5.74, 6) is -3.87. The fraction of sp³-hybridized carbons (Fsp3) is 0.200. The quantitative estimate of drug-likeness (QED) is 0.0500. The van der Waals surface area contributed by atoms with Gasteiger partial charge in [-0.1, -0.05) is 72.8 Å². The van der Waals surface area contributed by atoms with Gasteiger partial charge in [0.05, 0.1) is 11.9 Å². The van der Waals surface area contributed by atoms with E-state index in [9.17, 15) is 29.1 Å². The van der Waals surface area contributed by atoms with Gasteiger partial charge < -0.3 is 52.1 Å². The normalized spacial score (nSPS) is 12.3. The van der Waals surface area contributed by atoms with Gasteiger partial charge in [0.25, 0.3) is 0 Å². The number of carboxylic acids is 5. The van der Waals surface area contributed by atoms with Crippen LogP contribution in [0.25, 0.3) is 21.5 Å². The lowest BCUT2D eigenvalue weighted by molar-refractivity contribution is -0.139. The first-order valence-electron chi connectivity index (χ1n) is 21.1. The third kappa shape index (κ3) is 18.1. The Kier molecular flexibility index (Phi) is 21.8. The number of anilines is 5. The number of hydrogen-bond donors (Lipinski definition) is 9. The lowest BCUT2D eigenvalue weighted by Crippen LogP contribution is -2.35. The summed E-state index contributed by atoms with van der Waals surface area (Å²) in [5.41, 5.74) is 7.98. The Balaban J connectivity index is 0.000000233. The first-order valence-corrected chi connectivity index (χ1v) is 21.1. The second-order valence-electron chi connectivity index (χ2n) is 14.8. The molecule has 3 heterocycles. The van der Waals surface area contributed by atoms with E-state index in [4.69, 9.17) is 26.2 Å². The van der Waals surface area contributed by atoms with Crippen LogP contribution < -0.4 is 26.6 Å². The first-order chi connectivity index (χ1) is 32.4. The minimum absolute atomic E-state index is 0.576. The van der Waals surface area contributed by atoms with E-state index in [2.05, 4.69) is 30.9 Å². The highest BCUT2D eigenvalue weighted by atomic mass is 16.4. The average Bonchev–Trinajstić information content (AvgIpc) is 3.33. The third-order valence-electron chi connectivity index (χ3n) is 9.42. The molecule has 0 saturated carbocycles. The largest absolute Gasteiger partial charge is 0.480 e. The molecule has 18 nitrogen and oxygen atoms in total. The predicted octanol–water partition coefficient (Wildman–Crippen LogP) is 7.92. The number of pyridine rings is 3. The highest BCUT2D eigenvalue weighted by Crippen LogP contribution is 2.26. The van der Waals surface area contributed by atoms with Crippen LogP contribution in [0.5, 0.6) is 0 Å². The van der Waals surface area contributed by atoms with Crippen molar-refractivity contribution in [3.8, 4) is 0 Å². The number of rotatable bonds is 14. The fourth-order valence-corrected chi connectivity index (χ4v) is 5.65. The van der Waals surface area contributed by atoms with Gasteiger partial charge in [-0.05, 0) is 105 Å². The molecule has 0 fully saturated rings. The van der Waals surface area contributed by atoms with E-state index in [1.807, 2.05) is 91.0 Å². The summed E-state index contributed by atoms with van der Waals surface area (Å²) in [7, 11) is 0. The van der Waals surface area contributed by atoms with E-state index in [0.717, 1.165) is 38.6 Å². The monoisotopic (exact) mass is 928 g/mol. The Morgan fingerprint density at radius 1 is 0.500 bits per heavy atom. The van der Waals surface area contributed by atoms with E-state index in [1.54, 1.807) is 100.0 Å². The van der Waals surface area contributed by atoms with Gasteiger partial charge in [-0.25, -0.2) is 9.78 Å². The van der Waals surface area contributed by atoms with Crippen LogP contribution in [0.4, 0.5) is 28.6 Å². The molecule has 0 spiro atoms. The standard InChI is InChI=1S/C13H13N3O2.2C13H13NO2.C8H10N2O2.C3H7NO2/c1-10(13(17)18)16(11-5-4-7-14-9-11)12-6-2-3-8-15-12;1-9(13(15)16)14-12-8-4-6-10-5-2-3-7-11(10)12;1-9(13(15)16)14-12-7-6-10-4-2-3-5-11(10)8-12;1-6(8(11)12)10-7-2-4-9-5-3-7;1-2(4)3(5)6/h2-10H,1H3,(H,17,18);2*2-9,14H,1H3,(H,15,16);2-6H,1H3,(H,9,10)(H,11,12);2H,4H2,1H3,(H,5,6). The lowest BCUT2D eigenvalue weighted by Gasteiger charge is -2.27. The maximum absolute atomic E-state index is 11.2. The lowest BCUT2D eigenvalue weighted by atomic mass is 10.1. The molecule has 0 aliphatic carbocycles. The van der Waals surface area contributed by atoms with Crippen molar-refractivity contribution < 1.29 is 49.5 Å². The van der Waals surface area contributed by atoms with Crippen LogP contribution in [0.3, 0.4) is 0 Å². The molecule has 10 N–H and O–H groups in total. The van der Waals surface area contributed by atoms with Crippen molar-refractivity contribution in [3.63, 3.8) is 0 Å². The minimum Gasteiger partial charge on any atom is -0.480 e. The molecule has 68 heavy (non-hydrogen) atoms. The molecule has 4 aromatic carbocycles. The fourth-order valence-electron chi connectivity index (χ4n) is 5.65. The second-order valence-corrected chi connectivity index (χ2v) is 14.8. The minimum atomic E-state index is -0.963. The summed E-state index contributed by atoms with van der Waals surface area (Å²) >= 11 is 0. The molecule has 0 bridgehead atoms. The molecular formula is C50H56N8O10. The molecule has 7 rings (SSSR count). The Morgan fingerprint density at radius 3 is 1.59 bits per heavy atom. The van der Waals surface area contributed by atoms with Gasteiger partial charge in [0, 0.05) is 47.2 Å². The summed E-state index contributed by atoms with van der Waals surface area (Å²) in [5, 5.41) is 56.4. The van der Waals surface area contributed by atoms with Crippen LogP contribution in [-0.4, -0.2) is 101 Å². The van der Waals surface area contributed by atoms with Crippen molar-refractivity contribution in [2.45, 2.75) is 64.8 Å². The Hall–Kier alpha value is -8.64. The van der Waals surface area contributed by atoms with Crippen molar-refractivity contribution in [1.29, 1.82) is 0 Å². The van der Waals surface area contributed by atoms with Gasteiger partial charge in [-0.3, -0.25) is 29.1 Å². The van der Waals surface area contributed by atoms with Crippen LogP contribution >= 0.6 is 0 Å². The smallest absolute Gasteiger partial charge is 0.326 e. The van der Waals surface area contributed by atoms with Crippen LogP contribution in [0.1, 0.15) is 34.6 Å². The van der Waals surface area contributed by atoms with Crippen molar-refractivity contribution >= 4 is 80.0 Å². The topological polar surface area (TPSA) is 291 Å². The van der Waals surface area contributed by atoms with E-state index >= 15 is 0 Å². The zero-order valence-electron chi connectivity index (χ0n) is 38.0. The Labute approximate surface area is 393 Å². The summed E-state index contributed by atoms with van der Waals surface area (Å²) in [6, 6.07) is 36.7. The van der Waals surface area contributed by atoms with Gasteiger partial charge in [-0.2, -0.15) is 0 Å². The number of nitrogens with one attached hydrogen (secondary N) is 3. The van der Waals surface area contributed by atoms with Gasteiger partial charge in [0.15, 0.2) is 0 Å². The zero-order valence-corrected chi connectivity index (χ0v) is 38.0. The van der Waals surface area contributed by atoms with E-state index in [0.29, 0.717) is 11.5 Å². The number of hydrogen-bond acceptors (Lipinski definition) is 13. The second kappa shape index (κ2) is 27.6. The molecule has 0 amide bonds. The van der Waals surface area contributed by atoms with Crippen LogP contribution in [0, 0.1) is 0 Å². The number of nitrogens with two attached hydrogens (primary N) is 1. The van der Waals surface area contributed by atoms with Crippen molar-refractivity contribution in [2.24, 2.45) is 5.73 Å². The number of benzene rings is 4. The molecule has 7 aromatic rings. The third-order valence-corrected chi connectivity index (χ3v) is 9.42. The van der Waals surface area contributed by atoms with Crippen molar-refractivity contribution in [2.75, 3.05) is 20.9 Å².